The van der Waals surface area contributed by atoms with Crippen molar-refractivity contribution in [2.75, 3.05) is 0 Å². The molecule has 0 bridgehead atoms. The summed E-state index contributed by atoms with van der Waals surface area (Å²) in [5, 5.41) is 3.75. The lowest BCUT2D eigenvalue weighted by atomic mass is 9.73. The monoisotopic (exact) mass is 728 g/mol. The molecule has 56 heavy (non-hydrogen) atoms. The minimum absolute atomic E-state index is 0.370. The standard InChI is InChI=1S/C53H32N2S/c1-2-13-36(14-3-1)52-54-47(32-48(55-52)39-27-24-33-12-4-5-15-37(33)30-39)35-25-22-34(23-26-35)38-28-29-42-46(31-38)53(51-50(42)43-18-8-11-21-49(43)56-51)44-19-9-6-16-40(44)41-17-7-10-20-45(41)53/h1-32H. The number of hydrogen-bond donors (Lipinski definition) is 0. The molecule has 0 unspecified atom stereocenters. The number of nitrogens with zero attached hydrogens (tertiary/aromatic N) is 2. The van der Waals surface area contributed by atoms with Crippen LogP contribution in [-0.2, 0) is 5.41 Å². The maximum absolute atomic E-state index is 5.13. The second kappa shape index (κ2) is 12.0. The van der Waals surface area contributed by atoms with Crippen LogP contribution >= 0.6 is 11.3 Å². The van der Waals surface area contributed by atoms with Crippen molar-refractivity contribution in [1.82, 2.24) is 9.97 Å². The van der Waals surface area contributed by atoms with E-state index in [1.807, 2.05) is 29.5 Å². The number of hydrogen-bond acceptors (Lipinski definition) is 3. The number of fused-ring (bicyclic) bond motifs is 13. The van der Waals surface area contributed by atoms with Crippen LogP contribution in [0.4, 0.5) is 0 Å². The van der Waals surface area contributed by atoms with Gasteiger partial charge in [0, 0.05) is 37.2 Å². The third kappa shape index (κ3) is 4.49. The SMILES string of the molecule is c1ccc(-c2nc(-c3ccc(-c4ccc5c(c4)C4(c6ccccc6-c6ccccc64)c4sc6ccccc6c4-5)cc3)cc(-c3ccc4ccccc4c3)n2)cc1. The predicted octanol–water partition coefficient (Wildman–Crippen LogP) is 13.9. The van der Waals surface area contributed by atoms with Crippen LogP contribution in [0.25, 0.3) is 88.1 Å². The fraction of sp³-hybridized carbons (Fsp3) is 0.0189. The Kier molecular flexibility index (Phi) is 6.75. The summed E-state index contributed by atoms with van der Waals surface area (Å²) >= 11 is 1.95. The van der Waals surface area contributed by atoms with E-state index in [1.54, 1.807) is 0 Å². The molecule has 12 rings (SSSR count). The normalized spacial score (nSPS) is 13.1. The quantitative estimate of drug-likeness (QED) is 0.180. The molecule has 0 fully saturated rings. The van der Waals surface area contributed by atoms with E-state index in [0.717, 1.165) is 33.9 Å². The Morgan fingerprint density at radius 3 is 1.77 bits per heavy atom. The van der Waals surface area contributed by atoms with Crippen molar-refractivity contribution in [3.63, 3.8) is 0 Å². The second-order valence-corrected chi connectivity index (χ2v) is 15.9. The predicted molar refractivity (Wildman–Crippen MR) is 233 cm³/mol. The van der Waals surface area contributed by atoms with Crippen molar-refractivity contribution < 1.29 is 0 Å². The molecule has 0 N–H and O–H groups in total. The average molecular weight is 729 g/mol. The molecule has 3 heteroatoms. The summed E-state index contributed by atoms with van der Waals surface area (Å²) in [6, 6.07) is 70.5. The summed E-state index contributed by atoms with van der Waals surface area (Å²) in [4.78, 5) is 11.7. The average Bonchev–Trinajstić information content (AvgIpc) is 3.90. The number of thiophene rings is 1. The fourth-order valence-corrected chi connectivity index (χ4v) is 10.8. The van der Waals surface area contributed by atoms with E-state index < -0.39 is 0 Å². The van der Waals surface area contributed by atoms with E-state index in [4.69, 9.17) is 9.97 Å². The molecule has 2 aromatic heterocycles. The van der Waals surface area contributed by atoms with Crippen LogP contribution in [0, 0.1) is 0 Å². The van der Waals surface area contributed by atoms with Gasteiger partial charge in [-0.05, 0) is 79.5 Å². The maximum atomic E-state index is 5.13. The summed E-state index contributed by atoms with van der Waals surface area (Å²) in [6.07, 6.45) is 0. The highest BCUT2D eigenvalue weighted by atomic mass is 32.1. The van der Waals surface area contributed by atoms with Gasteiger partial charge in [-0.1, -0.05) is 170 Å². The molecular weight excluding hydrogens is 697 g/mol. The van der Waals surface area contributed by atoms with Gasteiger partial charge in [-0.3, -0.25) is 0 Å². The number of aromatic nitrogens is 2. The number of benzene rings is 8. The van der Waals surface area contributed by atoms with Crippen molar-refractivity contribution in [2.24, 2.45) is 0 Å². The highest BCUT2D eigenvalue weighted by Crippen LogP contribution is 2.66. The third-order valence-electron chi connectivity index (χ3n) is 11.9. The zero-order valence-corrected chi connectivity index (χ0v) is 31.1. The van der Waals surface area contributed by atoms with Crippen LogP contribution < -0.4 is 0 Å². The topological polar surface area (TPSA) is 25.8 Å². The molecule has 260 valence electrons. The molecule has 2 nitrogen and oxygen atoms in total. The van der Waals surface area contributed by atoms with E-state index >= 15 is 0 Å². The first-order valence-corrected chi connectivity index (χ1v) is 20.0. The Bertz CT molecular complexity index is 3150. The summed E-state index contributed by atoms with van der Waals surface area (Å²) < 4.78 is 1.34. The van der Waals surface area contributed by atoms with Crippen molar-refractivity contribution in [1.29, 1.82) is 0 Å². The van der Waals surface area contributed by atoms with E-state index in [-0.39, 0.29) is 5.41 Å². The van der Waals surface area contributed by atoms with Crippen LogP contribution in [0.5, 0.6) is 0 Å². The van der Waals surface area contributed by atoms with Gasteiger partial charge < -0.3 is 0 Å². The van der Waals surface area contributed by atoms with Crippen LogP contribution in [0.3, 0.4) is 0 Å². The summed E-state index contributed by atoms with van der Waals surface area (Å²) in [7, 11) is 0. The third-order valence-corrected chi connectivity index (χ3v) is 13.2. The molecule has 0 atom stereocenters. The molecule has 0 aliphatic heterocycles. The Balaban J connectivity index is 1.00. The first-order valence-electron chi connectivity index (χ1n) is 19.1. The highest BCUT2D eigenvalue weighted by molar-refractivity contribution is 7.20. The molecule has 0 saturated carbocycles. The van der Waals surface area contributed by atoms with Gasteiger partial charge in [-0.15, -0.1) is 11.3 Å². The van der Waals surface area contributed by atoms with Gasteiger partial charge in [0.25, 0.3) is 0 Å². The molecule has 0 radical (unpaired) electrons. The zero-order valence-electron chi connectivity index (χ0n) is 30.3. The first-order chi connectivity index (χ1) is 27.7. The maximum Gasteiger partial charge on any atom is 0.160 e. The largest absolute Gasteiger partial charge is 0.228 e. The minimum Gasteiger partial charge on any atom is -0.228 e. The van der Waals surface area contributed by atoms with E-state index in [2.05, 4.69) is 176 Å². The van der Waals surface area contributed by atoms with Crippen LogP contribution in [0.2, 0.25) is 0 Å². The van der Waals surface area contributed by atoms with E-state index in [9.17, 15) is 0 Å². The van der Waals surface area contributed by atoms with Crippen LogP contribution in [-0.4, -0.2) is 9.97 Å². The lowest BCUT2D eigenvalue weighted by Crippen LogP contribution is -2.24. The second-order valence-electron chi connectivity index (χ2n) is 14.9. The first kappa shape index (κ1) is 31.4. The fourth-order valence-electron chi connectivity index (χ4n) is 9.36. The lowest BCUT2D eigenvalue weighted by Gasteiger charge is -2.29. The molecule has 8 aromatic carbocycles. The molecule has 0 saturated heterocycles. The van der Waals surface area contributed by atoms with Crippen LogP contribution in [0.1, 0.15) is 21.6 Å². The molecule has 0 amide bonds. The minimum atomic E-state index is -0.370. The smallest absolute Gasteiger partial charge is 0.160 e. The molecule has 2 aliphatic rings. The van der Waals surface area contributed by atoms with Gasteiger partial charge in [0.1, 0.15) is 0 Å². The van der Waals surface area contributed by atoms with Gasteiger partial charge in [-0.25, -0.2) is 9.97 Å². The van der Waals surface area contributed by atoms with E-state index in [1.165, 1.54) is 75.8 Å². The number of rotatable bonds is 4. The Hall–Kier alpha value is -6.94. The summed E-state index contributed by atoms with van der Waals surface area (Å²) in [6.45, 7) is 0. The van der Waals surface area contributed by atoms with Crippen molar-refractivity contribution in [3.8, 4) is 67.3 Å². The molecule has 2 aliphatic carbocycles. The van der Waals surface area contributed by atoms with Gasteiger partial charge in [0.2, 0.25) is 0 Å². The van der Waals surface area contributed by atoms with Crippen LogP contribution in [0.15, 0.2) is 194 Å². The summed E-state index contributed by atoms with van der Waals surface area (Å²) in [5.41, 5.74) is 16.4. The molecular formula is C53H32N2S. The van der Waals surface area contributed by atoms with Gasteiger partial charge in [0.15, 0.2) is 5.82 Å². The van der Waals surface area contributed by atoms with Crippen molar-refractivity contribution in [3.05, 3.63) is 216 Å². The van der Waals surface area contributed by atoms with Crippen molar-refractivity contribution in [2.45, 2.75) is 5.41 Å². The molecule has 2 heterocycles. The lowest BCUT2D eigenvalue weighted by molar-refractivity contribution is 0.812. The summed E-state index contributed by atoms with van der Waals surface area (Å²) in [5.74, 6) is 0.719. The Morgan fingerprint density at radius 1 is 0.375 bits per heavy atom. The molecule has 1 spiro atoms. The highest BCUT2D eigenvalue weighted by Gasteiger charge is 2.53. The zero-order chi connectivity index (χ0) is 36.8. The van der Waals surface area contributed by atoms with Crippen molar-refractivity contribution >= 4 is 32.2 Å². The van der Waals surface area contributed by atoms with Gasteiger partial charge in [0.05, 0.1) is 16.8 Å². The van der Waals surface area contributed by atoms with E-state index in [0.29, 0.717) is 0 Å². The van der Waals surface area contributed by atoms with Gasteiger partial charge >= 0.3 is 0 Å². The Morgan fingerprint density at radius 2 is 0.982 bits per heavy atom. The van der Waals surface area contributed by atoms with Gasteiger partial charge in [-0.2, -0.15) is 0 Å². The Labute approximate surface area is 329 Å². The molecule has 10 aromatic rings.